The van der Waals surface area contributed by atoms with Crippen LogP contribution in [0.3, 0.4) is 0 Å². The van der Waals surface area contributed by atoms with Crippen LogP contribution in [0.4, 0.5) is 0 Å². The minimum atomic E-state index is -0.222. The molecule has 0 aliphatic heterocycles. The molecule has 0 fully saturated rings. The van der Waals surface area contributed by atoms with E-state index >= 15 is 0 Å². The lowest BCUT2D eigenvalue weighted by molar-refractivity contribution is -0.00567. The van der Waals surface area contributed by atoms with Crippen LogP contribution in [0.25, 0.3) is 0 Å². The number of hydrogen-bond acceptors (Lipinski definition) is 8. The Bertz CT molecular complexity index is 395. The molecule has 1 N–H and O–H groups in total. The Morgan fingerprint density at radius 3 is 1.84 bits per heavy atom. The number of ether oxygens (including phenoxy) is 6. The van der Waals surface area contributed by atoms with Crippen molar-refractivity contribution in [2.24, 2.45) is 0 Å². The van der Waals surface area contributed by atoms with Gasteiger partial charge in [-0.1, -0.05) is 0 Å². The van der Waals surface area contributed by atoms with Gasteiger partial charge in [-0.3, -0.25) is 5.10 Å². The summed E-state index contributed by atoms with van der Waals surface area (Å²) in [6.45, 7) is 8.06. The molecule has 1 heterocycles. The largest absolute Gasteiger partial charge is 0.382 e. The van der Waals surface area contributed by atoms with Crippen LogP contribution >= 0.6 is 0 Å². The molecular formula is C16H31N3O6. The summed E-state index contributed by atoms with van der Waals surface area (Å²) in [5.74, 6) is 1.26. The second-order valence-electron chi connectivity index (χ2n) is 5.32. The fraction of sp³-hybridized carbons (Fsp3) is 0.875. The molecule has 0 unspecified atom stereocenters. The molecule has 0 bridgehead atoms. The lowest BCUT2D eigenvalue weighted by Gasteiger charge is -2.11. The highest BCUT2D eigenvalue weighted by Gasteiger charge is 2.16. The summed E-state index contributed by atoms with van der Waals surface area (Å²) in [6, 6.07) is 0. The predicted molar refractivity (Wildman–Crippen MR) is 90.5 cm³/mol. The maximum absolute atomic E-state index is 5.67. The number of aromatic nitrogens is 3. The van der Waals surface area contributed by atoms with Crippen molar-refractivity contribution >= 4 is 0 Å². The zero-order chi connectivity index (χ0) is 18.3. The van der Waals surface area contributed by atoms with Crippen LogP contribution in [0.15, 0.2) is 0 Å². The first-order valence-corrected chi connectivity index (χ1v) is 8.47. The average molecular weight is 361 g/mol. The number of rotatable bonds is 16. The average Bonchev–Trinajstić information content (AvgIpc) is 3.11. The van der Waals surface area contributed by atoms with E-state index in [0.717, 1.165) is 0 Å². The fourth-order valence-corrected chi connectivity index (χ4v) is 1.86. The number of nitrogens with one attached hydrogen (secondary N) is 1. The molecule has 9 heteroatoms. The normalized spacial score (nSPS) is 13.9. The molecule has 0 saturated carbocycles. The third-order valence-corrected chi connectivity index (χ3v) is 3.32. The molecule has 146 valence electrons. The van der Waals surface area contributed by atoms with Crippen LogP contribution < -0.4 is 0 Å². The van der Waals surface area contributed by atoms with E-state index in [1.807, 2.05) is 13.8 Å². The molecule has 0 radical (unpaired) electrons. The van der Waals surface area contributed by atoms with Crippen molar-refractivity contribution in [3.05, 3.63) is 11.6 Å². The molecule has 9 nitrogen and oxygen atoms in total. The van der Waals surface area contributed by atoms with Crippen LogP contribution in [0.2, 0.25) is 0 Å². The topological polar surface area (TPSA) is 97.0 Å². The smallest absolute Gasteiger partial charge is 0.179 e. The highest BCUT2D eigenvalue weighted by Crippen LogP contribution is 2.16. The molecule has 0 spiro atoms. The Labute approximate surface area is 149 Å². The van der Waals surface area contributed by atoms with Crippen molar-refractivity contribution in [1.82, 2.24) is 15.2 Å². The van der Waals surface area contributed by atoms with Crippen molar-refractivity contribution in [3.8, 4) is 0 Å². The summed E-state index contributed by atoms with van der Waals surface area (Å²) in [5.41, 5.74) is 0. The Morgan fingerprint density at radius 2 is 1.28 bits per heavy atom. The van der Waals surface area contributed by atoms with E-state index in [1.54, 1.807) is 14.2 Å². The molecule has 0 aliphatic rings. The van der Waals surface area contributed by atoms with E-state index in [1.165, 1.54) is 0 Å². The standard InChI is InChI=1S/C16H31N3O6/c1-13(24-11-9-22-7-5-20-3)15-17-16(19-18-15)14(2)25-12-10-23-8-6-21-4/h13-14H,5-12H2,1-4H3,(H,17,18,19)/t13-,14-/m0/s1. The van der Waals surface area contributed by atoms with Crippen molar-refractivity contribution < 1.29 is 28.4 Å². The molecule has 25 heavy (non-hydrogen) atoms. The number of hydrogen-bond donors (Lipinski definition) is 1. The van der Waals surface area contributed by atoms with Gasteiger partial charge in [-0.25, -0.2) is 4.98 Å². The van der Waals surface area contributed by atoms with Gasteiger partial charge in [0.15, 0.2) is 11.6 Å². The van der Waals surface area contributed by atoms with Crippen molar-refractivity contribution in [2.45, 2.75) is 26.1 Å². The second kappa shape index (κ2) is 14.1. The van der Waals surface area contributed by atoms with Crippen LogP contribution in [0.1, 0.15) is 37.7 Å². The molecule has 1 aromatic heterocycles. The van der Waals surface area contributed by atoms with Gasteiger partial charge in [0.25, 0.3) is 0 Å². The Hall–Kier alpha value is -1.10. The molecule has 1 rings (SSSR count). The van der Waals surface area contributed by atoms with Crippen LogP contribution in [-0.4, -0.2) is 82.3 Å². The predicted octanol–water partition coefficient (Wildman–Crippen LogP) is 1.29. The number of nitrogens with zero attached hydrogens (tertiary/aromatic N) is 2. The van der Waals surface area contributed by atoms with Crippen molar-refractivity contribution in [2.75, 3.05) is 67.1 Å². The molecule has 1 aromatic rings. The minimum Gasteiger partial charge on any atom is -0.382 e. The Balaban J connectivity index is 2.20. The molecule has 2 atom stereocenters. The van der Waals surface area contributed by atoms with Gasteiger partial charge in [0, 0.05) is 14.2 Å². The van der Waals surface area contributed by atoms with Gasteiger partial charge in [0.2, 0.25) is 0 Å². The van der Waals surface area contributed by atoms with E-state index in [-0.39, 0.29) is 12.2 Å². The monoisotopic (exact) mass is 361 g/mol. The zero-order valence-corrected chi connectivity index (χ0v) is 15.7. The lowest BCUT2D eigenvalue weighted by atomic mass is 10.3. The number of H-pyrrole nitrogens is 1. The molecular weight excluding hydrogens is 330 g/mol. The number of aromatic amines is 1. The maximum atomic E-state index is 5.67. The van der Waals surface area contributed by atoms with E-state index in [0.29, 0.717) is 64.5 Å². The second-order valence-corrected chi connectivity index (χ2v) is 5.32. The van der Waals surface area contributed by atoms with E-state index in [4.69, 9.17) is 28.4 Å². The van der Waals surface area contributed by atoms with Crippen LogP contribution in [0.5, 0.6) is 0 Å². The zero-order valence-electron chi connectivity index (χ0n) is 15.7. The summed E-state index contributed by atoms with van der Waals surface area (Å²) in [6.07, 6.45) is -0.419. The van der Waals surface area contributed by atoms with Gasteiger partial charge < -0.3 is 28.4 Å². The van der Waals surface area contributed by atoms with Gasteiger partial charge in [-0.2, -0.15) is 5.10 Å². The summed E-state index contributed by atoms with van der Waals surface area (Å²) >= 11 is 0. The van der Waals surface area contributed by atoms with E-state index < -0.39 is 0 Å². The summed E-state index contributed by atoms with van der Waals surface area (Å²) in [7, 11) is 3.28. The van der Waals surface area contributed by atoms with Crippen LogP contribution in [-0.2, 0) is 28.4 Å². The van der Waals surface area contributed by atoms with Gasteiger partial charge in [-0.05, 0) is 13.8 Å². The minimum absolute atomic E-state index is 0.197. The van der Waals surface area contributed by atoms with Crippen molar-refractivity contribution in [1.29, 1.82) is 0 Å². The molecule has 0 saturated heterocycles. The van der Waals surface area contributed by atoms with Gasteiger partial charge >= 0.3 is 0 Å². The van der Waals surface area contributed by atoms with E-state index in [9.17, 15) is 0 Å². The molecule has 0 aliphatic carbocycles. The first kappa shape index (κ1) is 21.9. The summed E-state index contributed by atoms with van der Waals surface area (Å²) in [5, 5.41) is 7.08. The van der Waals surface area contributed by atoms with Gasteiger partial charge in [-0.15, -0.1) is 0 Å². The maximum Gasteiger partial charge on any atom is 0.179 e. The molecule has 0 amide bonds. The highest BCUT2D eigenvalue weighted by molar-refractivity contribution is 4.95. The third-order valence-electron chi connectivity index (χ3n) is 3.32. The van der Waals surface area contributed by atoms with E-state index in [2.05, 4.69) is 15.2 Å². The SMILES string of the molecule is COCCOCCO[C@@H](C)c1n[nH]c([C@H](C)OCCOCCOC)n1. The first-order chi connectivity index (χ1) is 12.2. The Kier molecular flexibility index (Phi) is 12.4. The lowest BCUT2D eigenvalue weighted by Crippen LogP contribution is -2.12. The Morgan fingerprint density at radius 1 is 0.760 bits per heavy atom. The summed E-state index contributed by atoms with van der Waals surface area (Å²) in [4.78, 5) is 4.43. The first-order valence-electron chi connectivity index (χ1n) is 8.47. The third kappa shape index (κ3) is 9.83. The highest BCUT2D eigenvalue weighted by atomic mass is 16.5. The fourth-order valence-electron chi connectivity index (χ4n) is 1.86. The quantitative estimate of drug-likeness (QED) is 0.440. The molecule has 0 aromatic carbocycles. The number of methoxy groups -OCH3 is 2. The van der Waals surface area contributed by atoms with Gasteiger partial charge in [0.05, 0.1) is 52.9 Å². The van der Waals surface area contributed by atoms with Gasteiger partial charge in [0.1, 0.15) is 12.2 Å². The summed E-state index contributed by atoms with van der Waals surface area (Å²) < 4.78 is 31.8. The van der Waals surface area contributed by atoms with Crippen LogP contribution in [0, 0.1) is 0 Å². The van der Waals surface area contributed by atoms with Crippen molar-refractivity contribution in [3.63, 3.8) is 0 Å².